The Bertz CT molecular complexity index is 786. The van der Waals surface area contributed by atoms with Crippen LogP contribution in [0.25, 0.3) is 10.9 Å². The molecule has 0 spiro atoms. The van der Waals surface area contributed by atoms with Crippen LogP contribution in [-0.4, -0.2) is 9.97 Å². The van der Waals surface area contributed by atoms with Gasteiger partial charge in [-0.25, -0.2) is 4.98 Å². The quantitative estimate of drug-likeness (QED) is 0.745. The van der Waals surface area contributed by atoms with E-state index in [1.165, 1.54) is 0 Å². The van der Waals surface area contributed by atoms with Crippen LogP contribution < -0.4 is 11.1 Å². The largest absolute Gasteiger partial charge is 0.397 e. The molecule has 0 fully saturated rings. The molecule has 4 nitrogen and oxygen atoms in total. The summed E-state index contributed by atoms with van der Waals surface area (Å²) < 4.78 is 0.821. The number of hydrogen-bond acceptors (Lipinski definition) is 4. The molecular formula is C15H13BrN4. The molecule has 20 heavy (non-hydrogen) atoms. The number of fused-ring (bicyclic) bond motifs is 1. The molecule has 100 valence electrons. The predicted molar refractivity (Wildman–Crippen MR) is 86.1 cm³/mol. The van der Waals surface area contributed by atoms with Crippen molar-refractivity contribution in [2.45, 2.75) is 6.92 Å². The van der Waals surface area contributed by atoms with E-state index >= 15 is 0 Å². The fraction of sp³-hybridized carbons (Fsp3) is 0.0667. The van der Waals surface area contributed by atoms with E-state index in [2.05, 4.69) is 37.3 Å². The summed E-state index contributed by atoms with van der Waals surface area (Å²) in [7, 11) is 0. The van der Waals surface area contributed by atoms with Gasteiger partial charge in [0, 0.05) is 11.1 Å². The molecule has 0 unspecified atom stereocenters. The number of benzene rings is 1. The van der Waals surface area contributed by atoms with Gasteiger partial charge in [0.15, 0.2) is 0 Å². The Balaban J connectivity index is 2.08. The second-order valence-electron chi connectivity index (χ2n) is 4.55. The van der Waals surface area contributed by atoms with Crippen molar-refractivity contribution in [2.24, 2.45) is 0 Å². The Hall–Kier alpha value is -2.14. The summed E-state index contributed by atoms with van der Waals surface area (Å²) in [6, 6.07) is 11.9. The summed E-state index contributed by atoms with van der Waals surface area (Å²) in [5.41, 5.74) is 9.15. The lowest BCUT2D eigenvalue weighted by molar-refractivity contribution is 1.25. The smallest absolute Gasteiger partial charge is 0.144 e. The molecule has 1 aromatic carbocycles. The first-order valence-corrected chi connectivity index (χ1v) is 6.97. The zero-order chi connectivity index (χ0) is 14.1. The van der Waals surface area contributed by atoms with E-state index < -0.39 is 0 Å². The zero-order valence-corrected chi connectivity index (χ0v) is 12.5. The molecule has 0 radical (unpaired) electrons. The standard InChI is InChI=1S/C15H13BrN4/c1-9-5-6-10-3-2-4-13(14(10)19-9)20-15-12(16)7-11(17)8-18-15/h2-8H,17H2,1H3,(H,18,20). The van der Waals surface area contributed by atoms with E-state index in [1.54, 1.807) is 6.20 Å². The first-order chi connectivity index (χ1) is 9.63. The highest BCUT2D eigenvalue weighted by Gasteiger charge is 2.06. The number of para-hydroxylation sites is 1. The van der Waals surface area contributed by atoms with Crippen LogP contribution in [0.4, 0.5) is 17.2 Å². The third-order valence-electron chi connectivity index (χ3n) is 2.97. The van der Waals surface area contributed by atoms with Crippen LogP contribution in [-0.2, 0) is 0 Å². The van der Waals surface area contributed by atoms with Gasteiger partial charge in [-0.3, -0.25) is 4.98 Å². The maximum absolute atomic E-state index is 5.70. The number of hydrogen-bond donors (Lipinski definition) is 2. The molecule has 3 rings (SSSR count). The number of rotatable bonds is 2. The summed E-state index contributed by atoms with van der Waals surface area (Å²) in [5, 5.41) is 4.38. The molecule has 0 aliphatic rings. The lowest BCUT2D eigenvalue weighted by Gasteiger charge is -2.10. The average Bonchev–Trinajstić information content (AvgIpc) is 2.42. The number of nitrogens with two attached hydrogens (primary N) is 1. The molecule has 2 heterocycles. The van der Waals surface area contributed by atoms with Crippen LogP contribution in [0.2, 0.25) is 0 Å². The van der Waals surface area contributed by atoms with Crippen molar-refractivity contribution in [1.29, 1.82) is 0 Å². The minimum atomic E-state index is 0.620. The van der Waals surface area contributed by atoms with Gasteiger partial charge in [-0.1, -0.05) is 18.2 Å². The molecule has 2 aromatic heterocycles. The third kappa shape index (κ3) is 2.44. The van der Waals surface area contributed by atoms with Gasteiger partial charge in [0.25, 0.3) is 0 Å². The summed E-state index contributed by atoms with van der Waals surface area (Å²) in [4.78, 5) is 8.88. The van der Waals surface area contributed by atoms with Crippen LogP contribution in [0.1, 0.15) is 5.69 Å². The number of nitrogens with zero attached hydrogens (tertiary/aromatic N) is 2. The molecule has 5 heteroatoms. The van der Waals surface area contributed by atoms with Crippen LogP contribution in [0.3, 0.4) is 0 Å². The Morgan fingerprint density at radius 1 is 1.20 bits per heavy atom. The van der Waals surface area contributed by atoms with Crippen molar-refractivity contribution in [3.63, 3.8) is 0 Å². The van der Waals surface area contributed by atoms with Crippen molar-refractivity contribution in [1.82, 2.24) is 9.97 Å². The minimum absolute atomic E-state index is 0.620. The fourth-order valence-corrected chi connectivity index (χ4v) is 2.48. The lowest BCUT2D eigenvalue weighted by atomic mass is 10.1. The summed E-state index contributed by atoms with van der Waals surface area (Å²) >= 11 is 3.46. The van der Waals surface area contributed by atoms with Gasteiger partial charge >= 0.3 is 0 Å². The van der Waals surface area contributed by atoms with E-state index in [0.717, 1.165) is 32.6 Å². The van der Waals surface area contributed by atoms with Crippen molar-refractivity contribution in [2.75, 3.05) is 11.1 Å². The molecule has 0 aliphatic carbocycles. The highest BCUT2D eigenvalue weighted by atomic mass is 79.9. The third-order valence-corrected chi connectivity index (χ3v) is 3.58. The van der Waals surface area contributed by atoms with E-state index in [9.17, 15) is 0 Å². The molecule has 0 saturated heterocycles. The van der Waals surface area contributed by atoms with Crippen LogP contribution in [0, 0.1) is 6.92 Å². The summed E-state index contributed by atoms with van der Waals surface area (Å²) in [6.07, 6.45) is 1.62. The normalized spacial score (nSPS) is 10.7. The van der Waals surface area contributed by atoms with Crippen molar-refractivity contribution in [3.8, 4) is 0 Å². The number of anilines is 3. The molecule has 3 N–H and O–H groups in total. The highest BCUT2D eigenvalue weighted by Crippen LogP contribution is 2.28. The van der Waals surface area contributed by atoms with E-state index in [1.807, 2.05) is 37.3 Å². The Labute approximate surface area is 125 Å². The van der Waals surface area contributed by atoms with E-state index in [-0.39, 0.29) is 0 Å². The number of nitrogens with one attached hydrogen (secondary N) is 1. The molecule has 0 bridgehead atoms. The minimum Gasteiger partial charge on any atom is -0.397 e. The number of pyridine rings is 2. The molecule has 0 aliphatic heterocycles. The topological polar surface area (TPSA) is 63.8 Å². The highest BCUT2D eigenvalue weighted by molar-refractivity contribution is 9.10. The Kier molecular flexibility index (Phi) is 3.28. The fourth-order valence-electron chi connectivity index (χ4n) is 2.02. The van der Waals surface area contributed by atoms with Crippen LogP contribution >= 0.6 is 15.9 Å². The summed E-state index contributed by atoms with van der Waals surface area (Å²) in [5.74, 6) is 0.718. The molecular weight excluding hydrogens is 316 g/mol. The van der Waals surface area contributed by atoms with Crippen LogP contribution in [0.5, 0.6) is 0 Å². The first-order valence-electron chi connectivity index (χ1n) is 6.18. The first kappa shape index (κ1) is 12.9. The molecule has 0 saturated carbocycles. The number of nitrogen functional groups attached to an aromatic ring is 1. The maximum atomic E-state index is 5.70. The van der Waals surface area contributed by atoms with Gasteiger partial charge in [-0.15, -0.1) is 0 Å². The Morgan fingerprint density at radius 3 is 2.85 bits per heavy atom. The van der Waals surface area contributed by atoms with Gasteiger partial charge in [0.1, 0.15) is 5.82 Å². The van der Waals surface area contributed by atoms with Crippen LogP contribution in [0.15, 0.2) is 47.1 Å². The van der Waals surface area contributed by atoms with Crippen molar-refractivity contribution < 1.29 is 0 Å². The SMILES string of the molecule is Cc1ccc2cccc(Nc3ncc(N)cc3Br)c2n1. The van der Waals surface area contributed by atoms with Gasteiger partial charge in [-0.2, -0.15) is 0 Å². The number of aryl methyl sites for hydroxylation is 1. The predicted octanol–water partition coefficient (Wildman–Crippen LogP) is 4.03. The second kappa shape index (κ2) is 5.09. The number of halogens is 1. The average molecular weight is 329 g/mol. The second-order valence-corrected chi connectivity index (χ2v) is 5.41. The van der Waals surface area contributed by atoms with Gasteiger partial charge in [0.05, 0.1) is 27.6 Å². The number of aromatic nitrogens is 2. The molecule has 0 atom stereocenters. The Morgan fingerprint density at radius 2 is 2.05 bits per heavy atom. The monoisotopic (exact) mass is 328 g/mol. The maximum Gasteiger partial charge on any atom is 0.144 e. The van der Waals surface area contributed by atoms with E-state index in [4.69, 9.17) is 5.73 Å². The summed E-state index contributed by atoms with van der Waals surface area (Å²) in [6.45, 7) is 1.98. The van der Waals surface area contributed by atoms with Crippen molar-refractivity contribution in [3.05, 3.63) is 52.8 Å². The lowest BCUT2D eigenvalue weighted by Crippen LogP contribution is -1.98. The van der Waals surface area contributed by atoms with E-state index in [0.29, 0.717) is 5.69 Å². The van der Waals surface area contributed by atoms with Gasteiger partial charge in [-0.05, 0) is 41.1 Å². The van der Waals surface area contributed by atoms with Crippen molar-refractivity contribution >= 4 is 44.0 Å². The molecule has 0 amide bonds. The molecule has 3 aromatic rings. The van der Waals surface area contributed by atoms with Gasteiger partial charge < -0.3 is 11.1 Å². The zero-order valence-electron chi connectivity index (χ0n) is 10.9. The van der Waals surface area contributed by atoms with Gasteiger partial charge in [0.2, 0.25) is 0 Å².